The highest BCUT2D eigenvalue weighted by Gasteiger charge is 2.10. The molecule has 0 spiro atoms. The first-order valence-corrected chi connectivity index (χ1v) is 6.19. The van der Waals surface area contributed by atoms with Crippen molar-refractivity contribution in [1.82, 2.24) is 15.1 Å². The van der Waals surface area contributed by atoms with Crippen LogP contribution < -0.4 is 11.1 Å². The molecule has 0 aliphatic heterocycles. The fourth-order valence-electron chi connectivity index (χ4n) is 1.56. The van der Waals surface area contributed by atoms with Gasteiger partial charge in [0.2, 0.25) is 5.91 Å². The Labute approximate surface area is 113 Å². The number of carbonyl (C=O) groups is 1. The van der Waals surface area contributed by atoms with Gasteiger partial charge in [0.15, 0.2) is 0 Å². The Morgan fingerprint density at radius 2 is 2.11 bits per heavy atom. The molecule has 0 aliphatic carbocycles. The van der Waals surface area contributed by atoms with Gasteiger partial charge in [0.1, 0.15) is 6.54 Å². The highest BCUT2D eigenvalue weighted by Crippen LogP contribution is 2.14. The standard InChI is InChI=1S/C12H22N4O3/c1-9-12(13)10(2)16(15-9)8-11(17)14-4-5-19-7-6-18-3/h4-8,13H2,1-3H3,(H,14,17). The maximum absolute atomic E-state index is 11.7. The number of anilines is 1. The molecule has 7 nitrogen and oxygen atoms in total. The first-order valence-electron chi connectivity index (χ1n) is 6.19. The average Bonchev–Trinajstić information content (AvgIpc) is 2.61. The van der Waals surface area contributed by atoms with Gasteiger partial charge in [0.05, 0.1) is 36.9 Å². The number of hydrogen-bond donors (Lipinski definition) is 2. The summed E-state index contributed by atoms with van der Waals surface area (Å²) in [6.45, 7) is 5.85. The van der Waals surface area contributed by atoms with Crippen molar-refractivity contribution in [2.45, 2.75) is 20.4 Å². The first-order chi connectivity index (χ1) is 9.06. The quantitative estimate of drug-likeness (QED) is 0.642. The largest absolute Gasteiger partial charge is 0.396 e. The molecule has 7 heteroatoms. The average molecular weight is 270 g/mol. The van der Waals surface area contributed by atoms with Gasteiger partial charge in [-0.2, -0.15) is 5.10 Å². The number of nitrogens with zero attached hydrogens (tertiary/aromatic N) is 2. The van der Waals surface area contributed by atoms with Crippen LogP contribution in [0.2, 0.25) is 0 Å². The Balaban J connectivity index is 2.26. The van der Waals surface area contributed by atoms with E-state index in [-0.39, 0.29) is 12.5 Å². The third kappa shape index (κ3) is 4.88. The van der Waals surface area contributed by atoms with Crippen LogP contribution >= 0.6 is 0 Å². The minimum absolute atomic E-state index is 0.110. The summed E-state index contributed by atoms with van der Waals surface area (Å²) in [6.07, 6.45) is 0. The summed E-state index contributed by atoms with van der Waals surface area (Å²) < 4.78 is 11.7. The molecule has 0 unspecified atom stereocenters. The van der Waals surface area contributed by atoms with Crippen molar-refractivity contribution < 1.29 is 14.3 Å². The van der Waals surface area contributed by atoms with Crippen molar-refractivity contribution in [1.29, 1.82) is 0 Å². The Hall–Kier alpha value is -1.60. The van der Waals surface area contributed by atoms with E-state index in [9.17, 15) is 4.79 Å². The number of nitrogen functional groups attached to an aromatic ring is 1. The Morgan fingerprint density at radius 3 is 2.68 bits per heavy atom. The number of hydrogen-bond acceptors (Lipinski definition) is 5. The Morgan fingerprint density at radius 1 is 1.37 bits per heavy atom. The normalized spacial score (nSPS) is 10.7. The van der Waals surface area contributed by atoms with Gasteiger partial charge in [-0.15, -0.1) is 0 Å². The van der Waals surface area contributed by atoms with E-state index in [1.165, 1.54) is 0 Å². The molecule has 1 rings (SSSR count). The molecule has 0 aromatic carbocycles. The summed E-state index contributed by atoms with van der Waals surface area (Å²) in [5.41, 5.74) is 7.99. The summed E-state index contributed by atoms with van der Waals surface area (Å²) in [7, 11) is 1.62. The summed E-state index contributed by atoms with van der Waals surface area (Å²) in [6, 6.07) is 0. The molecule has 1 heterocycles. The zero-order valence-electron chi connectivity index (χ0n) is 11.7. The molecule has 0 fully saturated rings. The number of aromatic nitrogens is 2. The maximum atomic E-state index is 11.7. The lowest BCUT2D eigenvalue weighted by Crippen LogP contribution is -2.31. The summed E-state index contributed by atoms with van der Waals surface area (Å²) >= 11 is 0. The molecule has 0 atom stereocenters. The third-order valence-corrected chi connectivity index (χ3v) is 2.73. The zero-order chi connectivity index (χ0) is 14.3. The van der Waals surface area contributed by atoms with Crippen LogP contribution in [0, 0.1) is 13.8 Å². The fraction of sp³-hybridized carbons (Fsp3) is 0.667. The number of amides is 1. The van der Waals surface area contributed by atoms with Crippen LogP contribution in [0.25, 0.3) is 0 Å². The van der Waals surface area contributed by atoms with Gasteiger partial charge in [-0.05, 0) is 13.8 Å². The molecule has 0 aliphatic rings. The van der Waals surface area contributed by atoms with Crippen molar-refractivity contribution in [3.8, 4) is 0 Å². The Kier molecular flexibility index (Phi) is 6.31. The number of nitrogens with one attached hydrogen (secondary N) is 1. The highest BCUT2D eigenvalue weighted by atomic mass is 16.5. The van der Waals surface area contributed by atoms with E-state index < -0.39 is 0 Å². The maximum Gasteiger partial charge on any atom is 0.241 e. The van der Waals surface area contributed by atoms with Crippen molar-refractivity contribution in [3.63, 3.8) is 0 Å². The number of ether oxygens (including phenoxy) is 2. The van der Waals surface area contributed by atoms with Gasteiger partial charge in [-0.25, -0.2) is 0 Å². The van der Waals surface area contributed by atoms with Crippen molar-refractivity contribution in [3.05, 3.63) is 11.4 Å². The van der Waals surface area contributed by atoms with Gasteiger partial charge in [0.25, 0.3) is 0 Å². The minimum atomic E-state index is -0.110. The van der Waals surface area contributed by atoms with E-state index in [1.54, 1.807) is 11.8 Å². The number of aryl methyl sites for hydroxylation is 1. The third-order valence-electron chi connectivity index (χ3n) is 2.73. The SMILES string of the molecule is COCCOCCNC(=O)Cn1nc(C)c(N)c1C. The molecule has 0 bridgehead atoms. The number of nitrogens with two attached hydrogens (primary N) is 1. The van der Waals surface area contributed by atoms with Crippen LogP contribution in [0.3, 0.4) is 0 Å². The van der Waals surface area contributed by atoms with Crippen LogP contribution in [-0.4, -0.2) is 49.2 Å². The van der Waals surface area contributed by atoms with Crippen LogP contribution in [0.1, 0.15) is 11.4 Å². The molecule has 108 valence electrons. The molecule has 0 radical (unpaired) electrons. The van der Waals surface area contributed by atoms with Gasteiger partial charge < -0.3 is 20.5 Å². The molecule has 0 saturated heterocycles. The second-order valence-corrected chi connectivity index (χ2v) is 4.20. The number of rotatable bonds is 8. The highest BCUT2D eigenvalue weighted by molar-refractivity contribution is 5.75. The van der Waals surface area contributed by atoms with Gasteiger partial charge in [-0.3, -0.25) is 9.48 Å². The first kappa shape index (κ1) is 15.5. The van der Waals surface area contributed by atoms with Crippen LogP contribution in [0.4, 0.5) is 5.69 Å². The van der Waals surface area contributed by atoms with E-state index in [4.69, 9.17) is 15.2 Å². The molecular formula is C12H22N4O3. The smallest absolute Gasteiger partial charge is 0.241 e. The topological polar surface area (TPSA) is 91.4 Å². The lowest BCUT2D eigenvalue weighted by Gasteiger charge is -2.07. The number of methoxy groups -OCH3 is 1. The number of carbonyl (C=O) groups excluding carboxylic acids is 1. The van der Waals surface area contributed by atoms with Gasteiger partial charge in [-0.1, -0.05) is 0 Å². The molecular weight excluding hydrogens is 248 g/mol. The second-order valence-electron chi connectivity index (χ2n) is 4.20. The lowest BCUT2D eigenvalue weighted by atomic mass is 10.3. The molecule has 1 amide bonds. The molecule has 0 saturated carbocycles. The molecule has 19 heavy (non-hydrogen) atoms. The van der Waals surface area contributed by atoms with Crippen LogP contribution in [0.5, 0.6) is 0 Å². The molecule has 1 aromatic heterocycles. The summed E-state index contributed by atoms with van der Waals surface area (Å²) in [5, 5.41) is 6.96. The van der Waals surface area contributed by atoms with Crippen LogP contribution in [-0.2, 0) is 20.8 Å². The van der Waals surface area contributed by atoms with E-state index in [0.29, 0.717) is 32.1 Å². The van der Waals surface area contributed by atoms with Crippen molar-refractivity contribution >= 4 is 11.6 Å². The second kappa shape index (κ2) is 7.75. The van der Waals surface area contributed by atoms with Gasteiger partial charge >= 0.3 is 0 Å². The fourth-order valence-corrected chi connectivity index (χ4v) is 1.56. The Bertz CT molecular complexity index is 417. The van der Waals surface area contributed by atoms with E-state index in [1.807, 2.05) is 13.8 Å². The van der Waals surface area contributed by atoms with E-state index in [2.05, 4.69) is 10.4 Å². The van der Waals surface area contributed by atoms with E-state index >= 15 is 0 Å². The van der Waals surface area contributed by atoms with Crippen LogP contribution in [0.15, 0.2) is 0 Å². The molecule has 3 N–H and O–H groups in total. The van der Waals surface area contributed by atoms with E-state index in [0.717, 1.165) is 11.4 Å². The molecule has 1 aromatic rings. The minimum Gasteiger partial charge on any atom is -0.396 e. The lowest BCUT2D eigenvalue weighted by molar-refractivity contribution is -0.122. The van der Waals surface area contributed by atoms with Crippen molar-refractivity contribution in [2.24, 2.45) is 0 Å². The predicted molar refractivity (Wildman–Crippen MR) is 71.8 cm³/mol. The summed E-state index contributed by atoms with van der Waals surface area (Å²) in [4.78, 5) is 11.7. The van der Waals surface area contributed by atoms with Gasteiger partial charge in [0, 0.05) is 13.7 Å². The van der Waals surface area contributed by atoms with Crippen molar-refractivity contribution in [2.75, 3.05) is 39.2 Å². The summed E-state index contributed by atoms with van der Waals surface area (Å²) in [5.74, 6) is -0.110. The zero-order valence-corrected chi connectivity index (χ0v) is 11.7. The monoisotopic (exact) mass is 270 g/mol. The predicted octanol–water partition coefficient (Wildman–Crippen LogP) is -0.139.